The topological polar surface area (TPSA) is 51.6 Å². The van der Waals surface area contributed by atoms with Crippen molar-refractivity contribution in [2.45, 2.75) is 0 Å². The number of aromatic nitrogens is 4. The highest BCUT2D eigenvalue weighted by molar-refractivity contribution is 6.15. The Morgan fingerprint density at radius 2 is 0.721 bits per heavy atom. The summed E-state index contributed by atoms with van der Waals surface area (Å²) in [7, 11) is 0. The van der Waals surface area contributed by atoms with Gasteiger partial charge >= 0.3 is 0 Å². The second kappa shape index (κ2) is 16.4. The molecule has 0 bridgehead atoms. The molecule has 0 atom stereocenters. The van der Waals surface area contributed by atoms with Crippen molar-refractivity contribution in [1.82, 2.24) is 19.9 Å². The zero-order chi connectivity index (χ0) is 45.0. The van der Waals surface area contributed by atoms with Crippen LogP contribution >= 0.6 is 0 Å². The van der Waals surface area contributed by atoms with E-state index in [0.717, 1.165) is 77.1 Å². The van der Waals surface area contributed by atoms with Gasteiger partial charge in [-0.1, -0.05) is 200 Å². The Morgan fingerprint density at radius 3 is 1.41 bits per heavy atom. The van der Waals surface area contributed by atoms with E-state index in [2.05, 4.69) is 237 Å². The van der Waals surface area contributed by atoms with Crippen LogP contribution in [-0.4, -0.2) is 19.9 Å². The molecule has 0 spiro atoms. The highest BCUT2D eigenvalue weighted by Crippen LogP contribution is 2.41. The number of pyridine rings is 1. The first-order valence-corrected chi connectivity index (χ1v) is 23.0. The Labute approximate surface area is 393 Å². The van der Waals surface area contributed by atoms with Crippen molar-refractivity contribution in [3.8, 4) is 78.8 Å². The third-order valence-electron chi connectivity index (χ3n) is 13.3. The van der Waals surface area contributed by atoms with Crippen LogP contribution in [0.5, 0.6) is 0 Å². The monoisotopic (exact) mass is 864 g/mol. The molecule has 0 aliphatic carbocycles. The lowest BCUT2D eigenvalue weighted by atomic mass is 9.89. The second-order valence-corrected chi connectivity index (χ2v) is 17.4. The molecule has 11 aromatic carbocycles. The van der Waals surface area contributed by atoms with Gasteiger partial charge in [-0.3, -0.25) is 4.98 Å². The highest BCUT2D eigenvalue weighted by Gasteiger charge is 2.19. The molecule has 0 saturated carbocycles. The summed E-state index contributed by atoms with van der Waals surface area (Å²) >= 11 is 0. The molecule has 4 nitrogen and oxygen atoms in total. The van der Waals surface area contributed by atoms with Gasteiger partial charge in [-0.25, -0.2) is 15.0 Å². The quantitative estimate of drug-likeness (QED) is 0.150. The fourth-order valence-corrected chi connectivity index (χ4v) is 9.99. The van der Waals surface area contributed by atoms with Gasteiger partial charge in [0.05, 0.1) is 5.69 Å². The Hall–Kier alpha value is -9.12. The molecule has 2 heterocycles. The summed E-state index contributed by atoms with van der Waals surface area (Å²) in [6.45, 7) is 0. The summed E-state index contributed by atoms with van der Waals surface area (Å²) in [6, 6.07) is 84.3. The van der Waals surface area contributed by atoms with E-state index in [0.29, 0.717) is 17.5 Å². The minimum Gasteiger partial charge on any atom is -0.256 e. The standard InChI is InChI=1S/C64H40N4/c1-2-14-41(15-3-1)47-32-33-56-59(40-48-19-7-10-24-54(48)60(56)39-47)50-36-49(42-28-30-46(31-29-42)61-55-25-11-6-18-45(55)34-35-65-61)37-51(38-50)62-66-63(57-26-12-20-43-16-4-8-22-52(43)57)68-64(67-62)58-27-13-21-44-17-5-9-23-53(44)58/h1-40H. The lowest BCUT2D eigenvalue weighted by molar-refractivity contribution is 1.08. The van der Waals surface area contributed by atoms with E-state index in [4.69, 9.17) is 19.9 Å². The molecular weight excluding hydrogens is 825 g/mol. The van der Waals surface area contributed by atoms with Crippen LogP contribution in [-0.2, 0) is 0 Å². The number of benzene rings is 11. The highest BCUT2D eigenvalue weighted by atomic mass is 15.0. The molecule has 316 valence electrons. The van der Waals surface area contributed by atoms with Gasteiger partial charge in [0.2, 0.25) is 0 Å². The maximum Gasteiger partial charge on any atom is 0.164 e. The van der Waals surface area contributed by atoms with Gasteiger partial charge in [0.25, 0.3) is 0 Å². The van der Waals surface area contributed by atoms with Crippen LogP contribution in [0.15, 0.2) is 243 Å². The fourth-order valence-electron chi connectivity index (χ4n) is 9.99. The van der Waals surface area contributed by atoms with E-state index in [1.54, 1.807) is 0 Å². The predicted octanol–water partition coefficient (Wildman–Crippen LogP) is 16.7. The zero-order valence-corrected chi connectivity index (χ0v) is 36.9. The fraction of sp³-hybridized carbons (Fsp3) is 0. The smallest absolute Gasteiger partial charge is 0.164 e. The summed E-state index contributed by atoms with van der Waals surface area (Å²) in [5, 5.41) is 11.5. The molecule has 0 aliphatic rings. The summed E-state index contributed by atoms with van der Waals surface area (Å²) < 4.78 is 0. The molecular formula is C64H40N4. The first-order chi connectivity index (χ1) is 33.7. The second-order valence-electron chi connectivity index (χ2n) is 17.4. The summed E-state index contributed by atoms with van der Waals surface area (Å²) in [4.78, 5) is 21.0. The summed E-state index contributed by atoms with van der Waals surface area (Å²) in [6.07, 6.45) is 1.89. The first kappa shape index (κ1) is 39.3. The molecule has 0 N–H and O–H groups in total. The van der Waals surface area contributed by atoms with Gasteiger partial charge < -0.3 is 0 Å². The lowest BCUT2D eigenvalue weighted by Crippen LogP contribution is -2.01. The van der Waals surface area contributed by atoms with Crippen LogP contribution in [0.25, 0.3) is 133 Å². The maximum absolute atomic E-state index is 5.41. The first-order valence-electron chi connectivity index (χ1n) is 23.0. The van der Waals surface area contributed by atoms with Crippen molar-refractivity contribution in [2.75, 3.05) is 0 Å². The van der Waals surface area contributed by atoms with Crippen molar-refractivity contribution in [3.63, 3.8) is 0 Å². The Bertz CT molecular complexity index is 3970. The molecule has 0 unspecified atom stereocenters. The molecule has 0 amide bonds. The number of fused-ring (bicyclic) bond motifs is 6. The van der Waals surface area contributed by atoms with Crippen molar-refractivity contribution in [1.29, 1.82) is 0 Å². The average Bonchev–Trinajstić information content (AvgIpc) is 3.42. The van der Waals surface area contributed by atoms with Crippen molar-refractivity contribution >= 4 is 53.9 Å². The largest absolute Gasteiger partial charge is 0.256 e. The van der Waals surface area contributed by atoms with Crippen molar-refractivity contribution in [3.05, 3.63) is 243 Å². The molecule has 68 heavy (non-hydrogen) atoms. The van der Waals surface area contributed by atoms with Gasteiger partial charge in [-0.2, -0.15) is 0 Å². The van der Waals surface area contributed by atoms with Crippen LogP contribution in [0.2, 0.25) is 0 Å². The SMILES string of the molecule is c1ccc(-c2ccc3c(-c4cc(-c5ccc(-c6nccc7ccccc67)cc5)cc(-c5nc(-c6cccc7ccccc67)nc(-c6cccc7ccccc67)n5)c4)cc4ccccc4c3c2)cc1. The summed E-state index contributed by atoms with van der Waals surface area (Å²) in [5.74, 6) is 1.85. The van der Waals surface area contributed by atoms with Crippen LogP contribution < -0.4 is 0 Å². The van der Waals surface area contributed by atoms with Gasteiger partial charge in [0, 0.05) is 33.8 Å². The number of hydrogen-bond acceptors (Lipinski definition) is 4. The average molecular weight is 865 g/mol. The molecule has 13 aromatic rings. The van der Waals surface area contributed by atoms with E-state index >= 15 is 0 Å². The normalized spacial score (nSPS) is 11.5. The lowest BCUT2D eigenvalue weighted by Gasteiger charge is -2.16. The van der Waals surface area contributed by atoms with Gasteiger partial charge in [-0.15, -0.1) is 0 Å². The van der Waals surface area contributed by atoms with E-state index in [9.17, 15) is 0 Å². The minimum absolute atomic E-state index is 0.599. The van der Waals surface area contributed by atoms with Crippen LogP contribution in [0.1, 0.15) is 0 Å². The van der Waals surface area contributed by atoms with Gasteiger partial charge in [0.1, 0.15) is 0 Å². The van der Waals surface area contributed by atoms with Crippen LogP contribution in [0.4, 0.5) is 0 Å². The Balaban J connectivity index is 1.06. The van der Waals surface area contributed by atoms with E-state index in [1.807, 2.05) is 6.20 Å². The molecule has 13 rings (SSSR count). The molecule has 0 radical (unpaired) electrons. The third kappa shape index (κ3) is 6.95. The van der Waals surface area contributed by atoms with Crippen LogP contribution in [0.3, 0.4) is 0 Å². The molecule has 0 aliphatic heterocycles. The number of rotatable bonds is 7. The third-order valence-corrected chi connectivity index (χ3v) is 13.3. The van der Waals surface area contributed by atoms with E-state index in [1.165, 1.54) is 38.1 Å². The van der Waals surface area contributed by atoms with Crippen LogP contribution in [0, 0.1) is 0 Å². The summed E-state index contributed by atoms with van der Waals surface area (Å²) in [5.41, 5.74) is 11.5. The number of nitrogens with zero attached hydrogens (tertiary/aromatic N) is 4. The van der Waals surface area contributed by atoms with Crippen molar-refractivity contribution < 1.29 is 0 Å². The minimum atomic E-state index is 0.599. The molecule has 4 heteroatoms. The molecule has 0 fully saturated rings. The predicted molar refractivity (Wildman–Crippen MR) is 283 cm³/mol. The number of hydrogen-bond donors (Lipinski definition) is 0. The van der Waals surface area contributed by atoms with Gasteiger partial charge in [0.15, 0.2) is 17.5 Å². The Morgan fingerprint density at radius 1 is 0.221 bits per heavy atom. The molecule has 0 saturated heterocycles. The van der Waals surface area contributed by atoms with E-state index in [-0.39, 0.29) is 0 Å². The Kier molecular flexibility index (Phi) is 9.47. The maximum atomic E-state index is 5.41. The van der Waals surface area contributed by atoms with Gasteiger partial charge in [-0.05, 0) is 118 Å². The van der Waals surface area contributed by atoms with E-state index < -0.39 is 0 Å². The zero-order valence-electron chi connectivity index (χ0n) is 36.9. The van der Waals surface area contributed by atoms with Crippen molar-refractivity contribution in [2.24, 2.45) is 0 Å². The molecule has 2 aromatic heterocycles.